The van der Waals surface area contributed by atoms with Crippen LogP contribution in [0.5, 0.6) is 0 Å². The van der Waals surface area contributed by atoms with Crippen LogP contribution in [0.4, 0.5) is 11.6 Å². The van der Waals surface area contributed by atoms with Crippen molar-refractivity contribution in [2.24, 2.45) is 5.73 Å². The summed E-state index contributed by atoms with van der Waals surface area (Å²) in [6.07, 6.45) is 9.78. The van der Waals surface area contributed by atoms with Crippen molar-refractivity contribution in [1.29, 1.82) is 0 Å². The van der Waals surface area contributed by atoms with E-state index in [1.165, 1.54) is 0 Å². The predicted octanol–water partition coefficient (Wildman–Crippen LogP) is 4.74. The molecule has 3 heterocycles. The van der Waals surface area contributed by atoms with Gasteiger partial charge in [-0.25, -0.2) is 15.0 Å². The molecule has 3 aromatic heterocycles. The molecule has 0 aliphatic heterocycles. The molecule has 5 rings (SSSR count). The molecule has 1 fully saturated rings. The Kier molecular flexibility index (Phi) is 5.92. The fourth-order valence-corrected chi connectivity index (χ4v) is 4.26. The van der Waals surface area contributed by atoms with Crippen molar-refractivity contribution in [1.82, 2.24) is 19.4 Å². The second kappa shape index (κ2) is 9.14. The third kappa shape index (κ3) is 4.54. The zero-order valence-electron chi connectivity index (χ0n) is 17.7. The minimum atomic E-state index is 0.321. The van der Waals surface area contributed by atoms with Gasteiger partial charge in [0.1, 0.15) is 5.82 Å². The van der Waals surface area contributed by atoms with Crippen LogP contribution in [0.1, 0.15) is 31.2 Å². The molecular weight excluding hydrogens is 422 g/mol. The molecule has 0 atom stereocenters. The van der Waals surface area contributed by atoms with Gasteiger partial charge >= 0.3 is 0 Å². The van der Waals surface area contributed by atoms with Crippen molar-refractivity contribution in [2.75, 3.05) is 10.6 Å². The number of hydrogen-bond donors (Lipinski definition) is 3. The highest BCUT2D eigenvalue weighted by molar-refractivity contribution is 6.30. The van der Waals surface area contributed by atoms with Crippen LogP contribution in [0, 0.1) is 0 Å². The van der Waals surface area contributed by atoms with Gasteiger partial charge in [-0.15, -0.1) is 0 Å². The van der Waals surface area contributed by atoms with Gasteiger partial charge in [0.2, 0.25) is 0 Å². The Morgan fingerprint density at radius 3 is 2.66 bits per heavy atom. The quantitative estimate of drug-likeness (QED) is 0.395. The van der Waals surface area contributed by atoms with Gasteiger partial charge in [-0.1, -0.05) is 29.8 Å². The van der Waals surface area contributed by atoms with E-state index in [2.05, 4.69) is 20.6 Å². The summed E-state index contributed by atoms with van der Waals surface area (Å²) in [5.74, 6) is 1.61. The van der Waals surface area contributed by atoms with E-state index in [-0.39, 0.29) is 0 Å². The van der Waals surface area contributed by atoms with E-state index in [0.29, 0.717) is 18.6 Å². The van der Waals surface area contributed by atoms with E-state index in [1.54, 1.807) is 6.20 Å². The molecule has 0 amide bonds. The topological polar surface area (TPSA) is 93.2 Å². The van der Waals surface area contributed by atoms with Crippen molar-refractivity contribution in [3.63, 3.8) is 0 Å². The van der Waals surface area contributed by atoms with Gasteiger partial charge < -0.3 is 16.4 Å². The minimum Gasteiger partial charge on any atom is -0.366 e. The molecular formula is C24H26ClN7. The molecule has 7 nitrogen and oxygen atoms in total. The van der Waals surface area contributed by atoms with Gasteiger partial charge in [-0.3, -0.25) is 4.40 Å². The zero-order chi connectivity index (χ0) is 21.9. The molecule has 1 aromatic carbocycles. The molecule has 1 saturated carbocycles. The summed E-state index contributed by atoms with van der Waals surface area (Å²) in [5.41, 5.74) is 9.76. The summed E-state index contributed by atoms with van der Waals surface area (Å²) >= 11 is 5.97. The fraction of sp³-hybridized carbons (Fsp3) is 0.292. The molecule has 0 saturated heterocycles. The second-order valence-electron chi connectivity index (χ2n) is 8.26. The van der Waals surface area contributed by atoms with Gasteiger partial charge in [0.25, 0.3) is 0 Å². The van der Waals surface area contributed by atoms with Crippen LogP contribution in [0.3, 0.4) is 0 Å². The fourth-order valence-electron chi connectivity index (χ4n) is 4.14. The number of nitrogens with one attached hydrogen (secondary N) is 2. The minimum absolute atomic E-state index is 0.321. The lowest BCUT2D eigenvalue weighted by molar-refractivity contribution is 0.410. The van der Waals surface area contributed by atoms with E-state index < -0.39 is 0 Å². The van der Waals surface area contributed by atoms with Crippen LogP contribution in [0.15, 0.2) is 61.1 Å². The van der Waals surface area contributed by atoms with E-state index in [1.807, 2.05) is 59.3 Å². The highest BCUT2D eigenvalue weighted by Crippen LogP contribution is 2.26. The smallest absolute Gasteiger partial charge is 0.180 e. The Hall–Kier alpha value is -3.16. The van der Waals surface area contributed by atoms with E-state index >= 15 is 0 Å². The lowest BCUT2D eigenvalue weighted by atomic mass is 9.92. The lowest BCUT2D eigenvalue weighted by Crippen LogP contribution is -2.33. The number of hydrogen-bond acceptors (Lipinski definition) is 6. The van der Waals surface area contributed by atoms with Gasteiger partial charge in [0.15, 0.2) is 11.5 Å². The van der Waals surface area contributed by atoms with Gasteiger partial charge in [-0.05, 0) is 55.5 Å². The Morgan fingerprint density at radius 1 is 1.03 bits per heavy atom. The number of nitrogens with zero attached hydrogens (tertiary/aromatic N) is 4. The van der Waals surface area contributed by atoms with Crippen molar-refractivity contribution in [3.05, 3.63) is 71.6 Å². The third-order valence-corrected chi connectivity index (χ3v) is 6.19. The Labute approximate surface area is 192 Å². The Bertz CT molecular complexity index is 1200. The first-order valence-electron chi connectivity index (χ1n) is 11.0. The lowest BCUT2D eigenvalue weighted by Gasteiger charge is -2.27. The summed E-state index contributed by atoms with van der Waals surface area (Å²) < 4.78 is 2.04. The average Bonchev–Trinajstić information content (AvgIpc) is 3.26. The molecule has 0 bridgehead atoms. The first kappa shape index (κ1) is 20.7. The Morgan fingerprint density at radius 2 is 1.84 bits per heavy atom. The maximum absolute atomic E-state index is 6.04. The molecule has 0 unspecified atom stereocenters. The van der Waals surface area contributed by atoms with E-state index in [0.717, 1.165) is 64.9 Å². The summed E-state index contributed by atoms with van der Waals surface area (Å²) in [5, 5.41) is 7.69. The van der Waals surface area contributed by atoms with Crippen LogP contribution >= 0.6 is 11.6 Å². The molecule has 32 heavy (non-hydrogen) atoms. The molecule has 0 spiro atoms. The van der Waals surface area contributed by atoms with E-state index in [9.17, 15) is 0 Å². The number of fused-ring (bicyclic) bond motifs is 1. The normalized spacial score (nSPS) is 18.6. The molecule has 164 valence electrons. The van der Waals surface area contributed by atoms with Crippen molar-refractivity contribution < 1.29 is 0 Å². The van der Waals surface area contributed by atoms with Crippen LogP contribution in [-0.2, 0) is 6.54 Å². The molecule has 4 aromatic rings. The number of aromatic nitrogens is 4. The maximum atomic E-state index is 6.04. The molecule has 8 heteroatoms. The zero-order valence-corrected chi connectivity index (χ0v) is 18.5. The highest BCUT2D eigenvalue weighted by atomic mass is 35.5. The number of imidazole rings is 1. The van der Waals surface area contributed by atoms with Crippen LogP contribution in [0.2, 0.25) is 5.02 Å². The van der Waals surface area contributed by atoms with Gasteiger partial charge in [0, 0.05) is 36.0 Å². The van der Waals surface area contributed by atoms with Crippen molar-refractivity contribution in [2.45, 2.75) is 44.3 Å². The summed E-state index contributed by atoms with van der Waals surface area (Å²) in [4.78, 5) is 14.0. The maximum Gasteiger partial charge on any atom is 0.180 e. The van der Waals surface area contributed by atoms with Crippen LogP contribution < -0.4 is 16.4 Å². The third-order valence-electron chi connectivity index (χ3n) is 5.94. The number of nitrogens with two attached hydrogens (primary N) is 1. The number of halogens is 1. The Balaban J connectivity index is 1.35. The monoisotopic (exact) mass is 447 g/mol. The summed E-state index contributed by atoms with van der Waals surface area (Å²) in [7, 11) is 0. The molecule has 4 N–H and O–H groups in total. The van der Waals surface area contributed by atoms with Gasteiger partial charge in [-0.2, -0.15) is 0 Å². The van der Waals surface area contributed by atoms with E-state index in [4.69, 9.17) is 22.3 Å². The summed E-state index contributed by atoms with van der Waals surface area (Å²) in [6.45, 7) is 0.670. The largest absolute Gasteiger partial charge is 0.366 e. The van der Waals surface area contributed by atoms with Crippen molar-refractivity contribution >= 4 is 28.9 Å². The molecule has 0 radical (unpaired) electrons. The average molecular weight is 448 g/mol. The molecule has 1 aliphatic carbocycles. The van der Waals surface area contributed by atoms with Crippen LogP contribution in [-0.4, -0.2) is 31.4 Å². The standard InChI is InChI=1S/C24H26ClN7/c25-17-6-4-16(5-7-17)14-28-22-3-1-2-20(31-22)21-15-29-24-23(27-12-13-32(21)24)30-19-10-8-18(26)9-11-19/h1-7,12-13,15,18-19H,8-11,14,26H2,(H,27,30)(H,28,31). The first-order chi connectivity index (χ1) is 15.7. The molecule has 1 aliphatic rings. The first-order valence-corrected chi connectivity index (χ1v) is 11.3. The number of rotatable bonds is 6. The van der Waals surface area contributed by atoms with Crippen LogP contribution in [0.25, 0.3) is 17.0 Å². The van der Waals surface area contributed by atoms with Gasteiger partial charge in [0.05, 0.1) is 17.6 Å². The number of anilines is 2. The number of pyridine rings is 1. The second-order valence-corrected chi connectivity index (χ2v) is 8.69. The number of benzene rings is 1. The predicted molar refractivity (Wildman–Crippen MR) is 129 cm³/mol. The summed E-state index contributed by atoms with van der Waals surface area (Å²) in [6, 6.07) is 14.4. The SMILES string of the molecule is NC1CCC(Nc2nccn3c(-c4cccc(NCc5ccc(Cl)cc5)n4)cnc23)CC1. The highest BCUT2D eigenvalue weighted by Gasteiger charge is 2.20. The van der Waals surface area contributed by atoms with Crippen molar-refractivity contribution in [3.8, 4) is 11.4 Å².